The number of methoxy groups -OCH3 is 1. The quantitative estimate of drug-likeness (QED) is 0.826. The lowest BCUT2D eigenvalue weighted by atomic mass is 10.4. The van der Waals surface area contributed by atoms with Crippen LogP contribution in [0.15, 0.2) is 10.9 Å². The van der Waals surface area contributed by atoms with Gasteiger partial charge in [-0.05, 0) is 0 Å². The Bertz CT molecular complexity index is 279. The summed E-state index contributed by atoms with van der Waals surface area (Å²) in [5.74, 6) is -0.146. The van der Waals surface area contributed by atoms with Crippen LogP contribution in [0.3, 0.4) is 0 Å². The maximum absolute atomic E-state index is 11.4. The van der Waals surface area contributed by atoms with Gasteiger partial charge in [-0.3, -0.25) is 4.79 Å². The second-order valence-corrected chi connectivity index (χ2v) is 4.65. The molecule has 4 nitrogen and oxygen atoms in total. The van der Waals surface area contributed by atoms with Crippen LogP contribution in [0.1, 0.15) is 10.5 Å². The number of carbonyl (C=O) groups excluding carboxylic acids is 1. The number of nitrogens with zero attached hydrogens (tertiary/aromatic N) is 1. The van der Waals surface area contributed by atoms with E-state index in [-0.39, 0.29) is 10.7 Å². The van der Waals surface area contributed by atoms with E-state index in [1.165, 1.54) is 11.3 Å². The van der Waals surface area contributed by atoms with Crippen molar-refractivity contribution in [2.75, 3.05) is 20.3 Å². The highest BCUT2D eigenvalue weighted by Gasteiger charge is 2.09. The number of hydrogen-bond acceptors (Lipinski definition) is 4. The summed E-state index contributed by atoms with van der Waals surface area (Å²) in [6.45, 7) is 1.10. The van der Waals surface area contributed by atoms with Crippen molar-refractivity contribution >= 4 is 33.2 Å². The number of aromatic nitrogens is 1. The number of alkyl halides is 1. The lowest BCUT2D eigenvalue weighted by Gasteiger charge is -2.08. The van der Waals surface area contributed by atoms with Crippen molar-refractivity contribution in [3.05, 3.63) is 16.6 Å². The third kappa shape index (κ3) is 3.73. The lowest BCUT2D eigenvalue weighted by molar-refractivity contribution is 0.0946. The maximum Gasteiger partial charge on any atom is 0.270 e. The molecule has 0 fully saturated rings. The predicted octanol–water partition coefficient (Wildman–Crippen LogP) is 1.28. The zero-order valence-electron chi connectivity index (χ0n) is 7.70. The van der Waals surface area contributed by atoms with Crippen molar-refractivity contribution in [2.24, 2.45) is 0 Å². The first kappa shape index (κ1) is 11.6. The van der Waals surface area contributed by atoms with E-state index in [1.54, 1.807) is 18.0 Å². The van der Waals surface area contributed by atoms with Gasteiger partial charge in [0.1, 0.15) is 5.69 Å². The zero-order valence-corrected chi connectivity index (χ0v) is 10.1. The third-order valence-corrected chi connectivity index (χ3v) is 2.67. The van der Waals surface area contributed by atoms with Crippen molar-refractivity contribution in [3.63, 3.8) is 0 Å². The number of halogens is 1. The smallest absolute Gasteiger partial charge is 0.270 e. The molecule has 0 spiro atoms. The first-order valence-electron chi connectivity index (χ1n) is 4.03. The molecule has 1 amide bonds. The Labute approximate surface area is 94.8 Å². The molecule has 0 aromatic carbocycles. The first-order chi connectivity index (χ1) is 6.74. The highest BCUT2D eigenvalue weighted by atomic mass is 79.9. The number of hydrogen-bond donors (Lipinski definition) is 1. The van der Waals surface area contributed by atoms with Gasteiger partial charge >= 0.3 is 0 Å². The Morgan fingerprint density at radius 2 is 2.64 bits per heavy atom. The van der Waals surface area contributed by atoms with Crippen molar-refractivity contribution in [2.45, 2.75) is 4.83 Å². The minimum absolute atomic E-state index is 0.134. The van der Waals surface area contributed by atoms with Crippen molar-refractivity contribution < 1.29 is 9.53 Å². The Morgan fingerprint density at radius 1 is 1.86 bits per heavy atom. The van der Waals surface area contributed by atoms with E-state index in [9.17, 15) is 4.79 Å². The summed E-state index contributed by atoms with van der Waals surface area (Å²) in [6.07, 6.45) is 0. The zero-order chi connectivity index (χ0) is 10.4. The van der Waals surface area contributed by atoms with Gasteiger partial charge in [-0.1, -0.05) is 15.9 Å². The fourth-order valence-electron chi connectivity index (χ4n) is 0.858. The number of nitrogens with one attached hydrogen (secondary N) is 1. The van der Waals surface area contributed by atoms with E-state index in [0.29, 0.717) is 18.8 Å². The second-order valence-electron chi connectivity index (χ2n) is 2.64. The topological polar surface area (TPSA) is 51.2 Å². The molecule has 0 saturated carbocycles. The summed E-state index contributed by atoms with van der Waals surface area (Å²) in [4.78, 5) is 15.4. The van der Waals surface area contributed by atoms with Crippen LogP contribution >= 0.6 is 27.3 Å². The van der Waals surface area contributed by atoms with Crippen molar-refractivity contribution in [1.82, 2.24) is 10.3 Å². The second kappa shape index (κ2) is 6.10. The summed E-state index contributed by atoms with van der Waals surface area (Å²) >= 11 is 4.78. The Balaban J connectivity index is 2.28. The van der Waals surface area contributed by atoms with Crippen LogP contribution in [0.25, 0.3) is 0 Å². The number of rotatable bonds is 5. The van der Waals surface area contributed by atoms with E-state index < -0.39 is 0 Å². The molecule has 1 heterocycles. The molecule has 1 aromatic heterocycles. The van der Waals surface area contributed by atoms with Gasteiger partial charge < -0.3 is 10.1 Å². The molecule has 0 aliphatic heterocycles. The fraction of sp³-hybridized carbons (Fsp3) is 0.500. The van der Waals surface area contributed by atoms with E-state index in [1.807, 2.05) is 0 Å². The van der Waals surface area contributed by atoms with Crippen LogP contribution in [0.2, 0.25) is 0 Å². The molecule has 1 N–H and O–H groups in total. The molecule has 0 saturated heterocycles. The van der Waals surface area contributed by atoms with Gasteiger partial charge in [0.05, 0.1) is 16.9 Å². The predicted molar refractivity (Wildman–Crippen MR) is 59.0 cm³/mol. The summed E-state index contributed by atoms with van der Waals surface area (Å²) in [5.41, 5.74) is 2.10. The van der Waals surface area contributed by atoms with Crippen LogP contribution in [-0.2, 0) is 4.74 Å². The average molecular weight is 279 g/mol. The van der Waals surface area contributed by atoms with Crippen LogP contribution in [-0.4, -0.2) is 36.0 Å². The molecule has 14 heavy (non-hydrogen) atoms. The van der Waals surface area contributed by atoms with E-state index in [4.69, 9.17) is 4.74 Å². The maximum atomic E-state index is 11.4. The molecule has 6 heteroatoms. The summed E-state index contributed by atoms with van der Waals surface area (Å²) in [6, 6.07) is 0. The highest BCUT2D eigenvalue weighted by Crippen LogP contribution is 2.02. The molecular formula is C8H11BrN2O2S. The molecule has 78 valence electrons. The monoisotopic (exact) mass is 278 g/mol. The van der Waals surface area contributed by atoms with E-state index in [2.05, 4.69) is 26.2 Å². The number of amides is 1. The normalized spacial score (nSPS) is 12.4. The van der Waals surface area contributed by atoms with Gasteiger partial charge in [-0.25, -0.2) is 4.98 Å². The Hall–Kier alpha value is -0.460. The molecule has 0 bridgehead atoms. The van der Waals surface area contributed by atoms with Gasteiger partial charge in [-0.2, -0.15) is 0 Å². The molecule has 0 aliphatic rings. The molecule has 0 aliphatic carbocycles. The van der Waals surface area contributed by atoms with Gasteiger partial charge in [0.2, 0.25) is 0 Å². The van der Waals surface area contributed by atoms with Gasteiger partial charge in [0.25, 0.3) is 5.91 Å². The summed E-state index contributed by atoms with van der Waals surface area (Å²) in [7, 11) is 1.62. The SMILES string of the molecule is COCC(Br)CNC(=O)c1cscn1. The molecule has 1 atom stereocenters. The van der Waals surface area contributed by atoms with Crippen LogP contribution in [0.5, 0.6) is 0 Å². The largest absolute Gasteiger partial charge is 0.383 e. The lowest BCUT2D eigenvalue weighted by Crippen LogP contribution is -2.31. The van der Waals surface area contributed by atoms with E-state index >= 15 is 0 Å². The molecule has 1 aromatic rings. The molecule has 1 rings (SSSR count). The van der Waals surface area contributed by atoms with Crippen LogP contribution in [0, 0.1) is 0 Å². The third-order valence-electron chi connectivity index (χ3n) is 1.50. The van der Waals surface area contributed by atoms with Crippen molar-refractivity contribution in [3.8, 4) is 0 Å². The van der Waals surface area contributed by atoms with Gasteiger partial charge in [0, 0.05) is 19.0 Å². The fourth-order valence-corrected chi connectivity index (χ4v) is 1.82. The number of thiazole rings is 1. The molecule has 1 unspecified atom stereocenters. The molecular weight excluding hydrogens is 268 g/mol. The first-order valence-corrected chi connectivity index (χ1v) is 5.89. The van der Waals surface area contributed by atoms with Crippen molar-refractivity contribution in [1.29, 1.82) is 0 Å². The van der Waals surface area contributed by atoms with E-state index in [0.717, 1.165) is 0 Å². The number of ether oxygens (including phenoxy) is 1. The molecule has 0 radical (unpaired) electrons. The number of carbonyl (C=O) groups is 1. The Morgan fingerprint density at radius 3 is 3.21 bits per heavy atom. The van der Waals surface area contributed by atoms with Gasteiger partial charge in [0.15, 0.2) is 0 Å². The Kier molecular flexibility index (Phi) is 5.06. The van der Waals surface area contributed by atoms with Gasteiger partial charge in [-0.15, -0.1) is 11.3 Å². The van der Waals surface area contributed by atoms with Crippen LogP contribution < -0.4 is 5.32 Å². The minimum Gasteiger partial charge on any atom is -0.383 e. The summed E-state index contributed by atoms with van der Waals surface area (Å²) < 4.78 is 4.91. The van der Waals surface area contributed by atoms with Crippen LogP contribution in [0.4, 0.5) is 0 Å². The standard InChI is InChI=1S/C8H11BrN2O2S/c1-13-3-6(9)2-10-8(12)7-4-14-5-11-7/h4-6H,2-3H2,1H3,(H,10,12). The average Bonchev–Trinajstić information content (AvgIpc) is 2.67. The minimum atomic E-state index is -0.146. The highest BCUT2D eigenvalue weighted by molar-refractivity contribution is 9.09. The summed E-state index contributed by atoms with van der Waals surface area (Å²) in [5, 5.41) is 4.47.